The second kappa shape index (κ2) is 2.76. The molecule has 0 fully saturated rings. The molecule has 1 aromatic rings. The quantitative estimate of drug-likeness (QED) is 0.655. The number of para-hydroxylation sites is 1. The lowest BCUT2D eigenvalue weighted by Crippen LogP contribution is -2.34. The number of anilines is 1. The summed E-state index contributed by atoms with van der Waals surface area (Å²) in [6.45, 7) is 3.70. The molecule has 0 aromatic heterocycles. The first kappa shape index (κ1) is 8.10. The lowest BCUT2D eigenvalue weighted by atomic mass is 10.1. The number of carbonyl (C=O) groups is 1. The number of hydrogen-bond donors (Lipinski definition) is 1. The van der Waals surface area contributed by atoms with Crippen LogP contribution in [0.15, 0.2) is 18.2 Å². The molecule has 3 nitrogen and oxygen atoms in total. The van der Waals surface area contributed by atoms with Gasteiger partial charge in [-0.05, 0) is 25.5 Å². The number of aryl methyl sites for hydroxylation is 1. The second-order valence-electron chi connectivity index (χ2n) is 3.20. The van der Waals surface area contributed by atoms with Gasteiger partial charge in [-0.25, -0.2) is 0 Å². The molecular formula is C10H11NO2. The average Bonchev–Trinajstić information content (AvgIpc) is 2.09. The molecule has 1 N–H and O–H groups in total. The van der Waals surface area contributed by atoms with Crippen LogP contribution in [0.25, 0.3) is 0 Å². The highest BCUT2D eigenvalue weighted by Gasteiger charge is 2.23. The molecule has 1 aliphatic rings. The van der Waals surface area contributed by atoms with Gasteiger partial charge in [-0.15, -0.1) is 0 Å². The average molecular weight is 177 g/mol. The van der Waals surface area contributed by atoms with Crippen molar-refractivity contribution in [2.45, 2.75) is 20.0 Å². The van der Waals surface area contributed by atoms with Gasteiger partial charge in [0.2, 0.25) is 0 Å². The number of ether oxygens (including phenoxy) is 1. The molecule has 1 amide bonds. The first-order chi connectivity index (χ1) is 6.18. The maximum absolute atomic E-state index is 11.2. The van der Waals surface area contributed by atoms with E-state index in [0.717, 1.165) is 17.0 Å². The minimum Gasteiger partial charge on any atom is -0.478 e. The normalized spacial score (nSPS) is 20.2. The van der Waals surface area contributed by atoms with Crippen LogP contribution in [0.1, 0.15) is 12.5 Å². The zero-order valence-electron chi connectivity index (χ0n) is 7.63. The molecule has 0 saturated carbocycles. The first-order valence-electron chi connectivity index (χ1n) is 4.25. The summed E-state index contributed by atoms with van der Waals surface area (Å²) in [7, 11) is 0. The summed E-state index contributed by atoms with van der Waals surface area (Å²) in [5, 5.41) is 2.79. The van der Waals surface area contributed by atoms with Crippen molar-refractivity contribution in [3.8, 4) is 5.75 Å². The van der Waals surface area contributed by atoms with E-state index in [4.69, 9.17) is 4.74 Å². The molecule has 0 unspecified atom stereocenters. The second-order valence-corrected chi connectivity index (χ2v) is 3.20. The van der Waals surface area contributed by atoms with Gasteiger partial charge in [0, 0.05) is 0 Å². The minimum atomic E-state index is -0.395. The molecule has 1 heterocycles. The molecule has 2 rings (SSSR count). The molecule has 0 bridgehead atoms. The van der Waals surface area contributed by atoms with E-state index < -0.39 is 6.10 Å². The number of nitrogens with one attached hydrogen (secondary N) is 1. The fourth-order valence-electron chi connectivity index (χ4n) is 1.37. The van der Waals surface area contributed by atoms with Crippen LogP contribution in [0.5, 0.6) is 5.75 Å². The fraction of sp³-hybridized carbons (Fsp3) is 0.300. The van der Waals surface area contributed by atoms with Crippen molar-refractivity contribution in [1.82, 2.24) is 0 Å². The summed E-state index contributed by atoms with van der Waals surface area (Å²) < 4.78 is 5.46. The molecular weight excluding hydrogens is 166 g/mol. The standard InChI is InChI=1S/C10H11NO2/c1-6-4-3-5-8-9(6)13-7(2)10(12)11-8/h3-5,7H,1-2H3,(H,11,12)/t7-/m1/s1. The van der Waals surface area contributed by atoms with E-state index in [1.807, 2.05) is 25.1 Å². The molecule has 0 aliphatic carbocycles. The Hall–Kier alpha value is -1.51. The zero-order valence-corrected chi connectivity index (χ0v) is 7.63. The zero-order chi connectivity index (χ0) is 9.42. The lowest BCUT2D eigenvalue weighted by molar-refractivity contribution is -0.122. The van der Waals surface area contributed by atoms with Crippen molar-refractivity contribution in [2.24, 2.45) is 0 Å². The van der Waals surface area contributed by atoms with Crippen LogP contribution in [-0.4, -0.2) is 12.0 Å². The third kappa shape index (κ3) is 1.26. The number of amides is 1. The van der Waals surface area contributed by atoms with E-state index >= 15 is 0 Å². The molecule has 0 spiro atoms. The van der Waals surface area contributed by atoms with Gasteiger partial charge >= 0.3 is 0 Å². The van der Waals surface area contributed by atoms with Crippen LogP contribution in [-0.2, 0) is 4.79 Å². The van der Waals surface area contributed by atoms with Crippen molar-refractivity contribution in [3.05, 3.63) is 23.8 Å². The van der Waals surface area contributed by atoms with Gasteiger partial charge in [0.15, 0.2) is 6.10 Å². The highest BCUT2D eigenvalue weighted by molar-refractivity contribution is 5.97. The summed E-state index contributed by atoms with van der Waals surface area (Å²) >= 11 is 0. The number of benzene rings is 1. The van der Waals surface area contributed by atoms with Crippen LogP contribution in [0.2, 0.25) is 0 Å². The lowest BCUT2D eigenvalue weighted by Gasteiger charge is -2.24. The Balaban J connectivity index is 2.48. The number of rotatable bonds is 0. The van der Waals surface area contributed by atoms with E-state index in [2.05, 4.69) is 5.32 Å². The van der Waals surface area contributed by atoms with Crippen molar-refractivity contribution >= 4 is 11.6 Å². The predicted octanol–water partition coefficient (Wildman–Crippen LogP) is 1.71. The van der Waals surface area contributed by atoms with Gasteiger partial charge in [0.05, 0.1) is 5.69 Å². The Bertz CT molecular complexity index is 360. The third-order valence-corrected chi connectivity index (χ3v) is 2.13. The Morgan fingerprint density at radius 1 is 1.46 bits per heavy atom. The van der Waals surface area contributed by atoms with E-state index in [0.29, 0.717) is 0 Å². The van der Waals surface area contributed by atoms with E-state index in [9.17, 15) is 4.79 Å². The van der Waals surface area contributed by atoms with E-state index in [1.54, 1.807) is 6.92 Å². The van der Waals surface area contributed by atoms with Crippen molar-refractivity contribution < 1.29 is 9.53 Å². The summed E-state index contributed by atoms with van der Waals surface area (Å²) in [5.74, 6) is 0.702. The maximum Gasteiger partial charge on any atom is 0.265 e. The fourth-order valence-corrected chi connectivity index (χ4v) is 1.37. The third-order valence-electron chi connectivity index (χ3n) is 2.13. The van der Waals surface area contributed by atoms with Crippen LogP contribution in [0.4, 0.5) is 5.69 Å². The maximum atomic E-state index is 11.2. The molecule has 3 heteroatoms. The van der Waals surface area contributed by atoms with Crippen molar-refractivity contribution in [1.29, 1.82) is 0 Å². The number of hydrogen-bond acceptors (Lipinski definition) is 2. The molecule has 13 heavy (non-hydrogen) atoms. The molecule has 68 valence electrons. The Morgan fingerprint density at radius 2 is 2.23 bits per heavy atom. The summed E-state index contributed by atoms with van der Waals surface area (Å²) in [5.41, 5.74) is 1.81. The van der Waals surface area contributed by atoms with Crippen LogP contribution < -0.4 is 10.1 Å². The summed E-state index contributed by atoms with van der Waals surface area (Å²) in [6, 6.07) is 5.70. The van der Waals surface area contributed by atoms with Gasteiger partial charge < -0.3 is 10.1 Å². The molecule has 1 atom stereocenters. The topological polar surface area (TPSA) is 38.3 Å². The largest absolute Gasteiger partial charge is 0.478 e. The van der Waals surface area contributed by atoms with Crippen LogP contribution >= 0.6 is 0 Å². The van der Waals surface area contributed by atoms with Crippen LogP contribution in [0.3, 0.4) is 0 Å². The van der Waals surface area contributed by atoms with Gasteiger partial charge in [0.1, 0.15) is 5.75 Å². The Morgan fingerprint density at radius 3 is 3.00 bits per heavy atom. The van der Waals surface area contributed by atoms with Gasteiger partial charge in [-0.3, -0.25) is 4.79 Å². The number of carbonyl (C=O) groups excluding carboxylic acids is 1. The summed E-state index contributed by atoms with van der Waals surface area (Å²) in [6.07, 6.45) is -0.395. The smallest absolute Gasteiger partial charge is 0.265 e. The Labute approximate surface area is 76.7 Å². The van der Waals surface area contributed by atoms with Crippen molar-refractivity contribution in [3.63, 3.8) is 0 Å². The molecule has 0 radical (unpaired) electrons. The molecule has 0 saturated heterocycles. The molecule has 1 aliphatic heterocycles. The molecule has 1 aromatic carbocycles. The highest BCUT2D eigenvalue weighted by Crippen LogP contribution is 2.32. The monoisotopic (exact) mass is 177 g/mol. The van der Waals surface area contributed by atoms with Gasteiger partial charge in [-0.1, -0.05) is 12.1 Å². The van der Waals surface area contributed by atoms with Gasteiger partial charge in [-0.2, -0.15) is 0 Å². The predicted molar refractivity (Wildman–Crippen MR) is 49.9 cm³/mol. The van der Waals surface area contributed by atoms with E-state index in [-0.39, 0.29) is 5.91 Å². The van der Waals surface area contributed by atoms with Gasteiger partial charge in [0.25, 0.3) is 5.91 Å². The minimum absolute atomic E-state index is 0.0851. The van der Waals surface area contributed by atoms with E-state index in [1.165, 1.54) is 0 Å². The first-order valence-corrected chi connectivity index (χ1v) is 4.25. The Kier molecular flexibility index (Phi) is 1.72. The summed E-state index contributed by atoms with van der Waals surface area (Å²) in [4.78, 5) is 11.2. The SMILES string of the molecule is Cc1cccc2c1O[C@H](C)C(=O)N2. The van der Waals surface area contributed by atoms with Crippen LogP contribution in [0, 0.1) is 6.92 Å². The number of fused-ring (bicyclic) bond motifs is 1. The van der Waals surface area contributed by atoms with Crippen molar-refractivity contribution in [2.75, 3.05) is 5.32 Å². The highest BCUT2D eigenvalue weighted by atomic mass is 16.5.